The Kier molecular flexibility index (Phi) is 11.1. The summed E-state index contributed by atoms with van der Waals surface area (Å²) in [5.74, 6) is 0.777. The van der Waals surface area contributed by atoms with E-state index in [0.717, 1.165) is 70.2 Å². The summed E-state index contributed by atoms with van der Waals surface area (Å²) in [6.07, 6.45) is -2.05. The Balaban J connectivity index is 1.67. The standard InChI is InChI=1S/C22H36F3N5O/c1-3-26-21(27-10-4-5-11-30-14-12-29(2)13-15-30)28-16-19-6-8-20(9-7-19)17-31-18-22(23,24)25/h6-9H,3-5,10-18H2,1-2H3,(H2,26,27,28). The van der Waals surface area contributed by atoms with Gasteiger partial charge >= 0.3 is 6.18 Å². The number of rotatable bonds is 11. The van der Waals surface area contributed by atoms with Crippen LogP contribution in [-0.2, 0) is 17.9 Å². The van der Waals surface area contributed by atoms with Crippen molar-refractivity contribution in [2.24, 2.45) is 4.99 Å². The quantitative estimate of drug-likeness (QED) is 0.313. The topological polar surface area (TPSA) is 52.1 Å². The fraction of sp³-hybridized carbons (Fsp3) is 0.682. The smallest absolute Gasteiger partial charge is 0.367 e. The van der Waals surface area contributed by atoms with Gasteiger partial charge in [-0.1, -0.05) is 24.3 Å². The number of hydrogen-bond acceptors (Lipinski definition) is 4. The fourth-order valence-corrected chi connectivity index (χ4v) is 3.28. The molecule has 0 aromatic heterocycles. The zero-order chi connectivity index (χ0) is 22.5. The van der Waals surface area contributed by atoms with Crippen LogP contribution in [-0.4, -0.2) is 81.4 Å². The van der Waals surface area contributed by atoms with E-state index < -0.39 is 12.8 Å². The minimum absolute atomic E-state index is 0.0542. The molecule has 0 saturated carbocycles. The number of aliphatic imine (C=N–C) groups is 1. The van der Waals surface area contributed by atoms with Crippen molar-refractivity contribution in [3.63, 3.8) is 0 Å². The van der Waals surface area contributed by atoms with Crippen molar-refractivity contribution in [2.45, 2.75) is 39.1 Å². The molecule has 31 heavy (non-hydrogen) atoms. The van der Waals surface area contributed by atoms with Gasteiger partial charge in [-0.2, -0.15) is 13.2 Å². The number of piperazine rings is 1. The van der Waals surface area contributed by atoms with Crippen LogP contribution in [0.2, 0.25) is 0 Å². The Morgan fingerprint density at radius 3 is 2.35 bits per heavy atom. The van der Waals surface area contributed by atoms with Crippen LogP contribution in [0.15, 0.2) is 29.3 Å². The maximum atomic E-state index is 12.1. The van der Waals surface area contributed by atoms with Gasteiger partial charge in [0.2, 0.25) is 0 Å². The summed E-state index contributed by atoms with van der Waals surface area (Å²) in [7, 11) is 2.17. The molecule has 0 atom stereocenters. The number of hydrogen-bond donors (Lipinski definition) is 2. The van der Waals surface area contributed by atoms with Crippen molar-refractivity contribution in [3.05, 3.63) is 35.4 Å². The molecule has 1 aliphatic rings. The van der Waals surface area contributed by atoms with Gasteiger partial charge in [0.1, 0.15) is 6.61 Å². The van der Waals surface area contributed by atoms with Gasteiger partial charge in [-0.3, -0.25) is 0 Å². The Morgan fingerprint density at radius 1 is 1.03 bits per heavy atom. The van der Waals surface area contributed by atoms with Crippen LogP contribution >= 0.6 is 0 Å². The van der Waals surface area contributed by atoms with Crippen LogP contribution < -0.4 is 10.6 Å². The van der Waals surface area contributed by atoms with E-state index in [9.17, 15) is 13.2 Å². The van der Waals surface area contributed by atoms with E-state index in [1.165, 1.54) is 0 Å². The Hall–Kier alpha value is -1.84. The Labute approximate surface area is 183 Å². The molecular weight excluding hydrogens is 407 g/mol. The van der Waals surface area contributed by atoms with Crippen molar-refractivity contribution in [3.8, 4) is 0 Å². The van der Waals surface area contributed by atoms with Crippen LogP contribution in [0.5, 0.6) is 0 Å². The number of guanidine groups is 1. The maximum absolute atomic E-state index is 12.1. The predicted molar refractivity (Wildman–Crippen MR) is 118 cm³/mol. The monoisotopic (exact) mass is 443 g/mol. The zero-order valence-corrected chi connectivity index (χ0v) is 18.7. The highest BCUT2D eigenvalue weighted by Gasteiger charge is 2.27. The molecule has 176 valence electrons. The predicted octanol–water partition coefficient (Wildman–Crippen LogP) is 2.85. The van der Waals surface area contributed by atoms with E-state index in [4.69, 9.17) is 0 Å². The summed E-state index contributed by atoms with van der Waals surface area (Å²) >= 11 is 0. The second kappa shape index (κ2) is 13.5. The molecule has 9 heteroatoms. The van der Waals surface area contributed by atoms with Crippen LogP contribution in [0.1, 0.15) is 30.9 Å². The van der Waals surface area contributed by atoms with Gasteiger partial charge in [-0.15, -0.1) is 0 Å². The molecule has 2 rings (SSSR count). The highest BCUT2D eigenvalue weighted by Crippen LogP contribution is 2.16. The Bertz CT molecular complexity index is 644. The summed E-state index contributed by atoms with van der Waals surface area (Å²) < 4.78 is 41.1. The summed E-state index contributed by atoms with van der Waals surface area (Å²) in [5.41, 5.74) is 1.70. The fourth-order valence-electron chi connectivity index (χ4n) is 3.28. The van der Waals surface area contributed by atoms with Crippen LogP contribution in [0.3, 0.4) is 0 Å². The minimum atomic E-state index is -4.30. The maximum Gasteiger partial charge on any atom is 0.411 e. The number of alkyl halides is 3. The molecule has 6 nitrogen and oxygen atoms in total. The molecule has 1 heterocycles. The number of unbranched alkanes of at least 4 members (excludes halogenated alkanes) is 1. The lowest BCUT2D eigenvalue weighted by atomic mass is 10.1. The molecule has 0 radical (unpaired) electrons. The van der Waals surface area contributed by atoms with E-state index in [1.54, 1.807) is 12.1 Å². The molecule has 1 aromatic rings. The highest BCUT2D eigenvalue weighted by atomic mass is 19.4. The van der Waals surface area contributed by atoms with Gasteiger partial charge in [-0.05, 0) is 44.5 Å². The van der Waals surface area contributed by atoms with Crippen LogP contribution in [0, 0.1) is 0 Å². The van der Waals surface area contributed by atoms with Crippen molar-refractivity contribution >= 4 is 5.96 Å². The first-order chi connectivity index (χ1) is 14.9. The first-order valence-electron chi connectivity index (χ1n) is 11.0. The number of ether oxygens (including phenoxy) is 1. The Morgan fingerprint density at radius 2 is 1.71 bits per heavy atom. The van der Waals surface area contributed by atoms with Crippen molar-refractivity contribution in [1.82, 2.24) is 20.4 Å². The second-order valence-corrected chi connectivity index (χ2v) is 7.90. The third-order valence-electron chi connectivity index (χ3n) is 5.11. The summed E-state index contributed by atoms with van der Waals surface area (Å²) in [5, 5.41) is 6.62. The molecule has 1 aliphatic heterocycles. The largest absolute Gasteiger partial charge is 0.411 e. The molecule has 2 N–H and O–H groups in total. The van der Waals surface area contributed by atoms with Gasteiger partial charge in [0.05, 0.1) is 13.2 Å². The van der Waals surface area contributed by atoms with Crippen molar-refractivity contribution in [2.75, 3.05) is 59.5 Å². The molecule has 0 spiro atoms. The van der Waals surface area contributed by atoms with Gasteiger partial charge in [0.15, 0.2) is 5.96 Å². The van der Waals surface area contributed by atoms with E-state index in [2.05, 4.69) is 37.2 Å². The lowest BCUT2D eigenvalue weighted by molar-refractivity contribution is -0.176. The van der Waals surface area contributed by atoms with Gasteiger partial charge in [-0.25, -0.2) is 4.99 Å². The third-order valence-corrected chi connectivity index (χ3v) is 5.11. The van der Waals surface area contributed by atoms with Crippen LogP contribution in [0.4, 0.5) is 13.2 Å². The number of nitrogens with zero attached hydrogens (tertiary/aromatic N) is 3. The average Bonchev–Trinajstić information content (AvgIpc) is 2.73. The molecule has 1 aromatic carbocycles. The number of likely N-dealkylation sites (N-methyl/N-ethyl adjacent to an activating group) is 1. The molecule has 0 bridgehead atoms. The summed E-state index contributed by atoms with van der Waals surface area (Å²) in [6.45, 7) is 8.64. The zero-order valence-electron chi connectivity index (χ0n) is 18.7. The van der Waals surface area contributed by atoms with E-state index in [1.807, 2.05) is 19.1 Å². The number of nitrogens with one attached hydrogen (secondary N) is 2. The van der Waals surface area contributed by atoms with Gasteiger partial charge in [0, 0.05) is 39.3 Å². The van der Waals surface area contributed by atoms with E-state index in [-0.39, 0.29) is 6.61 Å². The van der Waals surface area contributed by atoms with E-state index >= 15 is 0 Å². The first kappa shape index (κ1) is 25.4. The molecule has 1 fully saturated rings. The highest BCUT2D eigenvalue weighted by molar-refractivity contribution is 5.79. The summed E-state index contributed by atoms with van der Waals surface area (Å²) in [6, 6.07) is 7.30. The van der Waals surface area contributed by atoms with Crippen LogP contribution in [0.25, 0.3) is 0 Å². The molecule has 0 amide bonds. The lowest BCUT2D eigenvalue weighted by Gasteiger charge is -2.32. The third kappa shape index (κ3) is 11.4. The minimum Gasteiger partial charge on any atom is -0.367 e. The van der Waals surface area contributed by atoms with Crippen molar-refractivity contribution < 1.29 is 17.9 Å². The molecular formula is C22H36F3N5O. The number of halogens is 3. The second-order valence-electron chi connectivity index (χ2n) is 7.90. The normalized spacial score (nSPS) is 16.5. The lowest BCUT2D eigenvalue weighted by Crippen LogP contribution is -2.44. The van der Waals surface area contributed by atoms with Crippen molar-refractivity contribution in [1.29, 1.82) is 0 Å². The first-order valence-corrected chi connectivity index (χ1v) is 11.0. The molecule has 0 aliphatic carbocycles. The summed E-state index contributed by atoms with van der Waals surface area (Å²) in [4.78, 5) is 9.49. The van der Waals surface area contributed by atoms with Gasteiger partial charge in [0.25, 0.3) is 0 Å². The molecule has 1 saturated heterocycles. The number of benzene rings is 1. The molecule has 0 unspecified atom stereocenters. The average molecular weight is 444 g/mol. The van der Waals surface area contributed by atoms with E-state index in [0.29, 0.717) is 12.1 Å². The van der Waals surface area contributed by atoms with Gasteiger partial charge < -0.3 is 25.2 Å². The SMILES string of the molecule is CCNC(=NCc1ccc(COCC(F)(F)F)cc1)NCCCCN1CCN(C)CC1.